The van der Waals surface area contributed by atoms with Crippen molar-refractivity contribution in [2.75, 3.05) is 6.61 Å². The van der Waals surface area contributed by atoms with Crippen LogP contribution in [0.25, 0.3) is 0 Å². The van der Waals surface area contributed by atoms with Gasteiger partial charge in [0, 0.05) is 0 Å². The molecule has 3 nitrogen and oxygen atoms in total. The van der Waals surface area contributed by atoms with Gasteiger partial charge in [0.15, 0.2) is 6.10 Å². The van der Waals surface area contributed by atoms with Crippen LogP contribution < -0.4 is 0 Å². The second-order valence-electron chi connectivity index (χ2n) is 1.68. The van der Waals surface area contributed by atoms with Crippen molar-refractivity contribution in [1.82, 2.24) is 0 Å². The third-order valence-electron chi connectivity index (χ3n) is 1.09. The lowest BCUT2D eigenvalue weighted by molar-refractivity contribution is 0.0203. The van der Waals surface area contributed by atoms with Gasteiger partial charge in [-0.05, 0) is 0 Å². The maximum Gasteiger partial charge on any atom is 0.238 e. The Bertz CT molecular complexity index is 74.1. The maximum atomic E-state index is 8.82. The lowest BCUT2D eigenvalue weighted by atomic mass is 10.2. The van der Waals surface area contributed by atoms with E-state index < -0.39 is 12.2 Å². The molecule has 0 spiro atoms. The molecule has 2 N–H and O–H groups in total. The molecule has 1 rings (SSSR count). The number of rotatable bonds is 1. The Balaban J connectivity index is 2.30. The quantitative estimate of drug-likeness (QED) is 0.437. The van der Waals surface area contributed by atoms with E-state index in [1.807, 2.05) is 0 Å². The van der Waals surface area contributed by atoms with Crippen molar-refractivity contribution in [1.29, 1.82) is 0 Å². The minimum Gasteiger partial charge on any atom is -0.393 e. The number of aliphatic hydroxyl groups excluding tert-OH is 2. The molecule has 1 aliphatic rings. The van der Waals surface area contributed by atoms with E-state index in [2.05, 4.69) is 0 Å². The zero-order valence-electron chi connectivity index (χ0n) is 4.32. The molecule has 0 amide bonds. The molecule has 0 bridgehead atoms. The average molecular weight is 116 g/mol. The standard InChI is InChI=1S/C5H8O3/c6-3-5-4(7)1-2-8-5/h1-2,4-7H,3H2/q+1/t4?,5-/m1/s1. The molecule has 1 heterocycles. The van der Waals surface area contributed by atoms with Crippen LogP contribution in [-0.4, -0.2) is 29.0 Å². The van der Waals surface area contributed by atoms with Crippen LogP contribution >= 0.6 is 0 Å². The number of aliphatic hydroxyl groups is 2. The van der Waals surface area contributed by atoms with E-state index in [-0.39, 0.29) is 6.61 Å². The molecule has 0 aromatic carbocycles. The van der Waals surface area contributed by atoms with E-state index in [1.165, 1.54) is 13.0 Å². The van der Waals surface area contributed by atoms with E-state index in [4.69, 9.17) is 14.9 Å². The SMILES string of the molecule is OC[C@H]1O[CH+][CH]C1O. The molecule has 1 aliphatic heterocycles. The van der Waals surface area contributed by atoms with Crippen LogP contribution in [0.2, 0.25) is 0 Å². The highest BCUT2D eigenvalue weighted by molar-refractivity contribution is 4.96. The molecule has 3 heteroatoms. The van der Waals surface area contributed by atoms with Gasteiger partial charge in [-0.15, -0.1) is 0 Å². The molecule has 0 aliphatic carbocycles. The van der Waals surface area contributed by atoms with Gasteiger partial charge < -0.3 is 10.2 Å². The molecule has 1 fully saturated rings. The van der Waals surface area contributed by atoms with Crippen LogP contribution in [0.5, 0.6) is 0 Å². The normalized spacial score (nSPS) is 37.2. The monoisotopic (exact) mass is 116 g/mol. The number of hydrogen-bond donors (Lipinski definition) is 2. The molecular weight excluding hydrogens is 108 g/mol. The Labute approximate surface area is 47.9 Å². The molecule has 8 heavy (non-hydrogen) atoms. The van der Waals surface area contributed by atoms with Crippen molar-refractivity contribution in [2.45, 2.75) is 12.2 Å². The Kier molecular flexibility index (Phi) is 1.73. The largest absolute Gasteiger partial charge is 0.393 e. The Morgan fingerprint density at radius 3 is 2.75 bits per heavy atom. The fraction of sp³-hybridized carbons (Fsp3) is 0.600. The summed E-state index contributed by atoms with van der Waals surface area (Å²) in [6.45, 7) is 1.26. The fourth-order valence-electron chi connectivity index (χ4n) is 0.582. The summed E-state index contributed by atoms with van der Waals surface area (Å²) in [4.78, 5) is 0. The van der Waals surface area contributed by atoms with Crippen molar-refractivity contribution in [2.24, 2.45) is 0 Å². The van der Waals surface area contributed by atoms with Crippen molar-refractivity contribution in [3.8, 4) is 0 Å². The summed E-state index contributed by atoms with van der Waals surface area (Å²) >= 11 is 0. The van der Waals surface area contributed by atoms with Gasteiger partial charge in [-0.1, -0.05) is 0 Å². The van der Waals surface area contributed by atoms with Crippen molar-refractivity contribution in [3.63, 3.8) is 0 Å². The summed E-state index contributed by atoms with van der Waals surface area (Å²) < 4.78 is 4.73. The van der Waals surface area contributed by atoms with Crippen LogP contribution in [0.3, 0.4) is 0 Å². The average Bonchev–Trinajstić information content (AvgIpc) is 2.14. The summed E-state index contributed by atoms with van der Waals surface area (Å²) in [7, 11) is 0. The van der Waals surface area contributed by atoms with Gasteiger partial charge in [0.1, 0.15) is 6.10 Å². The molecular formula is C5H8O3+. The fourth-order valence-corrected chi connectivity index (χ4v) is 0.582. The topological polar surface area (TPSA) is 49.7 Å². The first-order valence-electron chi connectivity index (χ1n) is 2.45. The lowest BCUT2D eigenvalue weighted by Crippen LogP contribution is -2.24. The molecule has 0 saturated carbocycles. The van der Waals surface area contributed by atoms with Gasteiger partial charge >= 0.3 is 0 Å². The minimum atomic E-state index is -0.625. The van der Waals surface area contributed by atoms with E-state index in [9.17, 15) is 0 Å². The van der Waals surface area contributed by atoms with Gasteiger partial charge in [0.2, 0.25) is 13.0 Å². The predicted octanol–water partition coefficient (Wildman–Crippen LogP) is -0.896. The van der Waals surface area contributed by atoms with Crippen molar-refractivity contribution >= 4 is 0 Å². The molecule has 2 atom stereocenters. The Hall–Kier alpha value is -0.250. The summed E-state index contributed by atoms with van der Waals surface area (Å²) in [5, 5.41) is 17.2. The number of ether oxygens (including phenoxy) is 1. The molecule has 45 valence electrons. The molecule has 1 unspecified atom stereocenters. The first-order chi connectivity index (χ1) is 3.84. The molecule has 0 aromatic rings. The second-order valence-corrected chi connectivity index (χ2v) is 1.68. The summed E-state index contributed by atoms with van der Waals surface area (Å²) in [5.41, 5.74) is 0. The van der Waals surface area contributed by atoms with Crippen LogP contribution in [0.15, 0.2) is 0 Å². The smallest absolute Gasteiger partial charge is 0.238 e. The molecule has 1 radical (unpaired) electrons. The van der Waals surface area contributed by atoms with Gasteiger partial charge in [0.05, 0.1) is 6.61 Å². The minimum absolute atomic E-state index is 0.131. The van der Waals surface area contributed by atoms with Crippen LogP contribution in [0.1, 0.15) is 0 Å². The summed E-state index contributed by atoms with van der Waals surface area (Å²) in [5.74, 6) is 0. The van der Waals surface area contributed by atoms with Gasteiger partial charge in [0.25, 0.3) is 0 Å². The maximum absolute atomic E-state index is 8.82. The van der Waals surface area contributed by atoms with E-state index in [1.54, 1.807) is 0 Å². The first-order valence-corrected chi connectivity index (χ1v) is 2.45. The zero-order valence-corrected chi connectivity index (χ0v) is 4.32. The highest BCUT2D eigenvalue weighted by Crippen LogP contribution is 2.14. The summed E-state index contributed by atoms with van der Waals surface area (Å²) in [6.07, 6.45) is 0.441. The zero-order chi connectivity index (χ0) is 5.98. The van der Waals surface area contributed by atoms with Crippen LogP contribution in [0.4, 0.5) is 0 Å². The van der Waals surface area contributed by atoms with E-state index >= 15 is 0 Å². The van der Waals surface area contributed by atoms with Crippen molar-refractivity contribution in [3.05, 3.63) is 13.0 Å². The third kappa shape index (κ3) is 0.940. The van der Waals surface area contributed by atoms with Gasteiger partial charge in [-0.2, -0.15) is 4.74 Å². The Morgan fingerprint density at radius 2 is 2.50 bits per heavy atom. The second kappa shape index (κ2) is 2.35. The van der Waals surface area contributed by atoms with Crippen LogP contribution in [-0.2, 0) is 4.74 Å². The first kappa shape index (κ1) is 5.88. The molecule has 1 saturated heterocycles. The Morgan fingerprint density at radius 1 is 1.75 bits per heavy atom. The van der Waals surface area contributed by atoms with E-state index in [0.717, 1.165) is 0 Å². The van der Waals surface area contributed by atoms with Gasteiger partial charge in [-0.25, -0.2) is 0 Å². The summed E-state index contributed by atoms with van der Waals surface area (Å²) in [6, 6.07) is 0. The predicted molar refractivity (Wildman–Crippen MR) is 26.6 cm³/mol. The highest BCUT2D eigenvalue weighted by atomic mass is 16.5. The molecule has 0 aromatic heterocycles. The van der Waals surface area contributed by atoms with Crippen molar-refractivity contribution < 1.29 is 14.9 Å². The highest BCUT2D eigenvalue weighted by Gasteiger charge is 2.34. The van der Waals surface area contributed by atoms with E-state index in [0.29, 0.717) is 0 Å². The lowest BCUT2D eigenvalue weighted by Gasteiger charge is -2.01. The third-order valence-corrected chi connectivity index (χ3v) is 1.09. The number of hydrogen-bond acceptors (Lipinski definition) is 3. The van der Waals surface area contributed by atoms with Gasteiger partial charge in [-0.3, -0.25) is 0 Å². The van der Waals surface area contributed by atoms with Crippen LogP contribution in [0, 0.1) is 13.0 Å².